The van der Waals surface area contributed by atoms with Gasteiger partial charge in [0, 0.05) is 36.7 Å². The number of halogens is 3. The lowest BCUT2D eigenvalue weighted by Gasteiger charge is -2.40. The van der Waals surface area contributed by atoms with E-state index >= 15 is 0 Å². The maximum absolute atomic E-state index is 14.0. The summed E-state index contributed by atoms with van der Waals surface area (Å²) in [5.74, 6) is -2.23. The number of rotatable bonds is 7. The highest BCUT2D eigenvalue weighted by Gasteiger charge is 2.38. The summed E-state index contributed by atoms with van der Waals surface area (Å²) in [4.78, 5) is 15.5. The molecule has 1 aliphatic carbocycles. The first-order valence-electron chi connectivity index (χ1n) is 10.5. The summed E-state index contributed by atoms with van der Waals surface area (Å²) in [6.45, 7) is 0.247. The van der Waals surface area contributed by atoms with Crippen LogP contribution >= 0.6 is 0 Å². The van der Waals surface area contributed by atoms with Gasteiger partial charge in [-0.3, -0.25) is 9.48 Å². The molecule has 1 aromatic carbocycles. The van der Waals surface area contributed by atoms with Crippen molar-refractivity contribution in [3.63, 3.8) is 0 Å². The minimum absolute atomic E-state index is 0.0791. The third-order valence-electron chi connectivity index (χ3n) is 6.04. The molecule has 4 rings (SSSR count). The monoisotopic (exact) mass is 459 g/mol. The van der Waals surface area contributed by atoms with Crippen molar-refractivity contribution in [2.75, 3.05) is 17.2 Å². The van der Waals surface area contributed by atoms with Crippen molar-refractivity contribution in [1.29, 1.82) is 0 Å². The van der Waals surface area contributed by atoms with Crippen molar-refractivity contribution < 1.29 is 18.0 Å². The van der Waals surface area contributed by atoms with E-state index in [-0.39, 0.29) is 29.7 Å². The molecule has 0 saturated heterocycles. The summed E-state index contributed by atoms with van der Waals surface area (Å²) >= 11 is 0. The normalized spacial score (nSPS) is 20.4. The SMILES string of the molecule is NCC1(n2cc(C(N)=O)c(Nc3ccnc(F)c3)n2)CCC(Nc2cc(F)ccc2F)CC1. The lowest BCUT2D eigenvalue weighted by Crippen LogP contribution is -2.46. The van der Waals surface area contributed by atoms with Crippen LogP contribution < -0.4 is 22.1 Å². The first-order chi connectivity index (χ1) is 15.8. The highest BCUT2D eigenvalue weighted by molar-refractivity contribution is 5.98. The van der Waals surface area contributed by atoms with Crippen molar-refractivity contribution in [3.8, 4) is 0 Å². The topological polar surface area (TPSA) is 124 Å². The molecule has 2 aromatic heterocycles. The Morgan fingerprint density at radius 2 is 1.94 bits per heavy atom. The Balaban J connectivity index is 1.53. The molecule has 0 aliphatic heterocycles. The molecule has 11 heteroatoms. The van der Waals surface area contributed by atoms with Crippen LogP contribution in [0.25, 0.3) is 0 Å². The highest BCUT2D eigenvalue weighted by Crippen LogP contribution is 2.37. The average molecular weight is 459 g/mol. The Hall–Kier alpha value is -3.60. The number of carbonyl (C=O) groups is 1. The predicted molar refractivity (Wildman–Crippen MR) is 117 cm³/mol. The van der Waals surface area contributed by atoms with Gasteiger partial charge in [-0.2, -0.15) is 9.49 Å². The number of nitrogens with two attached hydrogens (primary N) is 2. The third kappa shape index (κ3) is 4.77. The number of amides is 1. The number of pyridine rings is 1. The molecule has 1 fully saturated rings. The van der Waals surface area contributed by atoms with Gasteiger partial charge in [0.05, 0.1) is 11.2 Å². The molecule has 0 spiro atoms. The van der Waals surface area contributed by atoms with Gasteiger partial charge in [0.15, 0.2) is 5.82 Å². The van der Waals surface area contributed by atoms with Crippen LogP contribution in [-0.4, -0.2) is 33.3 Å². The predicted octanol–water partition coefficient (Wildman–Crippen LogP) is 3.25. The maximum atomic E-state index is 14.0. The van der Waals surface area contributed by atoms with Crippen LogP contribution in [0.2, 0.25) is 0 Å². The van der Waals surface area contributed by atoms with Gasteiger partial charge in [-0.05, 0) is 49.9 Å². The van der Waals surface area contributed by atoms with Crippen LogP contribution in [0.4, 0.5) is 30.4 Å². The van der Waals surface area contributed by atoms with Crippen molar-refractivity contribution in [2.24, 2.45) is 11.5 Å². The zero-order valence-electron chi connectivity index (χ0n) is 17.7. The number of hydrogen-bond donors (Lipinski definition) is 4. The lowest BCUT2D eigenvalue weighted by atomic mass is 9.79. The molecule has 0 unspecified atom stereocenters. The van der Waals surface area contributed by atoms with E-state index in [1.54, 1.807) is 4.68 Å². The third-order valence-corrected chi connectivity index (χ3v) is 6.04. The fourth-order valence-corrected chi connectivity index (χ4v) is 4.16. The summed E-state index contributed by atoms with van der Waals surface area (Å²) < 4.78 is 42.6. The van der Waals surface area contributed by atoms with Gasteiger partial charge in [0.2, 0.25) is 5.95 Å². The largest absolute Gasteiger partial charge is 0.380 e. The minimum Gasteiger partial charge on any atom is -0.380 e. The molecule has 3 aromatic rings. The van der Waals surface area contributed by atoms with Crippen molar-refractivity contribution >= 4 is 23.1 Å². The first kappa shape index (κ1) is 22.6. The second-order valence-corrected chi connectivity index (χ2v) is 8.16. The molecule has 6 N–H and O–H groups in total. The molecular weight excluding hydrogens is 435 g/mol. The smallest absolute Gasteiger partial charge is 0.254 e. The van der Waals surface area contributed by atoms with Gasteiger partial charge >= 0.3 is 0 Å². The van der Waals surface area contributed by atoms with Crippen molar-refractivity contribution in [3.05, 3.63) is 65.9 Å². The Morgan fingerprint density at radius 3 is 2.61 bits per heavy atom. The summed E-state index contributed by atoms with van der Waals surface area (Å²) in [6, 6.07) is 5.92. The van der Waals surface area contributed by atoms with Gasteiger partial charge < -0.3 is 22.1 Å². The van der Waals surface area contributed by atoms with E-state index in [4.69, 9.17) is 11.5 Å². The van der Waals surface area contributed by atoms with E-state index in [1.165, 1.54) is 24.5 Å². The molecule has 174 valence electrons. The van der Waals surface area contributed by atoms with Crippen LogP contribution in [0.1, 0.15) is 36.0 Å². The molecule has 0 radical (unpaired) electrons. The number of nitrogens with zero attached hydrogens (tertiary/aromatic N) is 3. The van der Waals surface area contributed by atoms with E-state index in [9.17, 15) is 18.0 Å². The number of anilines is 3. The minimum atomic E-state index is -0.692. The molecule has 8 nitrogen and oxygen atoms in total. The van der Waals surface area contributed by atoms with Gasteiger partial charge in [-0.25, -0.2) is 13.8 Å². The zero-order valence-corrected chi connectivity index (χ0v) is 17.7. The second kappa shape index (κ2) is 9.10. The lowest BCUT2D eigenvalue weighted by molar-refractivity contribution is 0.100. The molecule has 1 aliphatic rings. The highest BCUT2D eigenvalue weighted by atomic mass is 19.1. The molecule has 2 heterocycles. The van der Waals surface area contributed by atoms with Crippen LogP contribution in [0, 0.1) is 17.6 Å². The Bertz CT molecular complexity index is 1160. The molecule has 1 amide bonds. The summed E-state index contributed by atoms with van der Waals surface area (Å²) in [6.07, 6.45) is 5.24. The second-order valence-electron chi connectivity index (χ2n) is 8.16. The first-order valence-corrected chi connectivity index (χ1v) is 10.5. The van der Waals surface area contributed by atoms with Crippen LogP contribution in [0.5, 0.6) is 0 Å². The molecule has 0 bridgehead atoms. The van der Waals surface area contributed by atoms with Gasteiger partial charge in [0.1, 0.15) is 17.2 Å². The molecule has 33 heavy (non-hydrogen) atoms. The number of primary amides is 1. The van der Waals surface area contributed by atoms with E-state index in [2.05, 4.69) is 20.7 Å². The zero-order chi connectivity index (χ0) is 23.6. The van der Waals surface area contributed by atoms with Gasteiger partial charge in [-0.1, -0.05) is 0 Å². The molecule has 0 atom stereocenters. The van der Waals surface area contributed by atoms with Crippen molar-refractivity contribution in [2.45, 2.75) is 37.3 Å². The Kier molecular flexibility index (Phi) is 6.23. The van der Waals surface area contributed by atoms with E-state index in [0.717, 1.165) is 18.2 Å². The average Bonchev–Trinajstić information content (AvgIpc) is 3.22. The summed E-state index contributed by atoms with van der Waals surface area (Å²) in [7, 11) is 0. The number of nitrogens with one attached hydrogen (secondary N) is 2. The number of aromatic nitrogens is 3. The van der Waals surface area contributed by atoms with Crippen molar-refractivity contribution in [1.82, 2.24) is 14.8 Å². The maximum Gasteiger partial charge on any atom is 0.254 e. The van der Waals surface area contributed by atoms with Gasteiger partial charge in [0.25, 0.3) is 5.91 Å². The van der Waals surface area contributed by atoms with Gasteiger partial charge in [-0.15, -0.1) is 0 Å². The van der Waals surface area contributed by atoms with Crippen LogP contribution in [0.15, 0.2) is 42.7 Å². The summed E-state index contributed by atoms with van der Waals surface area (Å²) in [5.41, 5.74) is 11.7. The Morgan fingerprint density at radius 1 is 1.18 bits per heavy atom. The standard InChI is InChI=1S/C22H24F3N7O/c23-13-1-2-17(24)18(9-13)29-14-3-6-22(12-26,7-4-14)32-11-16(20(27)33)21(31-32)30-15-5-8-28-19(25)10-15/h1-2,5,8-11,14,29H,3-4,6-7,12,26H2,(H2,27,33)(H,28,30,31). The quantitative estimate of drug-likeness (QED) is 0.402. The fraction of sp³-hybridized carbons (Fsp3) is 0.318. The number of carbonyl (C=O) groups excluding carboxylic acids is 1. The fourth-order valence-electron chi connectivity index (χ4n) is 4.16. The number of hydrogen-bond acceptors (Lipinski definition) is 6. The van der Waals surface area contributed by atoms with Crippen LogP contribution in [-0.2, 0) is 5.54 Å². The van der Waals surface area contributed by atoms with E-state index in [0.29, 0.717) is 31.4 Å². The van der Waals surface area contributed by atoms with Crippen LogP contribution in [0.3, 0.4) is 0 Å². The number of benzene rings is 1. The van der Waals surface area contributed by atoms with E-state index in [1.807, 2.05) is 0 Å². The molecular formula is C22H24F3N7O. The molecule has 1 saturated carbocycles. The van der Waals surface area contributed by atoms with E-state index < -0.39 is 29.0 Å². The Labute approximate surface area is 188 Å². The summed E-state index contributed by atoms with van der Waals surface area (Å²) in [5, 5.41) is 10.5.